The van der Waals surface area contributed by atoms with Gasteiger partial charge in [-0.15, -0.1) is 11.3 Å². The Morgan fingerprint density at radius 3 is 3.00 bits per heavy atom. The number of nitrogens with zero attached hydrogens (tertiary/aromatic N) is 1. The highest BCUT2D eigenvalue weighted by molar-refractivity contribution is 7.10. The molecule has 2 atom stereocenters. The fraction of sp³-hybridized carbons (Fsp3) is 0.571. The Morgan fingerprint density at radius 1 is 1.58 bits per heavy atom. The number of amides is 2. The number of hydrogen-bond acceptors (Lipinski definition) is 3. The average Bonchev–Trinajstić information content (AvgIpc) is 2.92. The van der Waals surface area contributed by atoms with Crippen LogP contribution in [-0.4, -0.2) is 30.3 Å². The van der Waals surface area contributed by atoms with E-state index in [4.69, 9.17) is 0 Å². The van der Waals surface area contributed by atoms with Crippen LogP contribution < -0.4 is 5.32 Å². The first-order valence-corrected chi connectivity index (χ1v) is 7.60. The van der Waals surface area contributed by atoms with Gasteiger partial charge in [0.1, 0.15) is 0 Å². The van der Waals surface area contributed by atoms with Crippen LogP contribution in [0.25, 0.3) is 0 Å². The predicted molar refractivity (Wildman–Crippen MR) is 75.9 cm³/mol. The van der Waals surface area contributed by atoms with Gasteiger partial charge in [0.05, 0.1) is 12.0 Å². The molecule has 2 rings (SSSR count). The van der Waals surface area contributed by atoms with Crippen LogP contribution in [0.1, 0.15) is 37.1 Å². The fourth-order valence-electron chi connectivity index (χ4n) is 2.54. The van der Waals surface area contributed by atoms with E-state index in [-0.39, 0.29) is 23.8 Å². The Bertz CT molecular complexity index is 444. The second-order valence-corrected chi connectivity index (χ2v) is 5.88. The van der Waals surface area contributed by atoms with Crippen molar-refractivity contribution in [1.82, 2.24) is 10.2 Å². The molecule has 1 aromatic rings. The number of likely N-dealkylation sites (tertiary alicyclic amines) is 1. The van der Waals surface area contributed by atoms with Gasteiger partial charge >= 0.3 is 0 Å². The van der Waals surface area contributed by atoms with Crippen molar-refractivity contribution in [2.45, 2.75) is 32.2 Å². The molecule has 2 heterocycles. The summed E-state index contributed by atoms with van der Waals surface area (Å²) in [6.07, 6.45) is 2.03. The average molecular weight is 280 g/mol. The summed E-state index contributed by atoms with van der Waals surface area (Å²) < 4.78 is 0. The molecule has 104 valence electrons. The van der Waals surface area contributed by atoms with Gasteiger partial charge in [-0.1, -0.05) is 13.0 Å². The molecule has 0 unspecified atom stereocenters. The lowest BCUT2D eigenvalue weighted by Crippen LogP contribution is -2.46. The van der Waals surface area contributed by atoms with E-state index < -0.39 is 0 Å². The maximum atomic E-state index is 12.3. The van der Waals surface area contributed by atoms with Gasteiger partial charge in [0.25, 0.3) is 0 Å². The molecule has 2 amide bonds. The molecule has 0 spiro atoms. The normalized spacial score (nSPS) is 23.5. The highest BCUT2D eigenvalue weighted by atomic mass is 32.1. The minimum Gasteiger partial charge on any atom is -0.356 e. The molecule has 0 aliphatic carbocycles. The van der Waals surface area contributed by atoms with Gasteiger partial charge in [-0.25, -0.2) is 0 Å². The molecule has 5 heteroatoms. The van der Waals surface area contributed by atoms with E-state index in [1.807, 2.05) is 24.4 Å². The van der Waals surface area contributed by atoms with Crippen LogP contribution in [0.5, 0.6) is 0 Å². The Kier molecular flexibility index (Phi) is 4.58. The van der Waals surface area contributed by atoms with Gasteiger partial charge < -0.3 is 10.2 Å². The molecule has 4 nitrogen and oxygen atoms in total. The zero-order valence-electron chi connectivity index (χ0n) is 11.4. The summed E-state index contributed by atoms with van der Waals surface area (Å²) in [5.74, 6) is 0.0606. The van der Waals surface area contributed by atoms with Crippen molar-refractivity contribution in [3.8, 4) is 0 Å². The molecule has 19 heavy (non-hydrogen) atoms. The maximum absolute atomic E-state index is 12.3. The Labute approximate surface area is 117 Å². The first-order chi connectivity index (χ1) is 9.15. The van der Waals surface area contributed by atoms with Crippen LogP contribution in [0.15, 0.2) is 17.5 Å². The summed E-state index contributed by atoms with van der Waals surface area (Å²) in [5, 5.41) is 4.95. The van der Waals surface area contributed by atoms with E-state index in [1.54, 1.807) is 23.3 Å². The van der Waals surface area contributed by atoms with Crippen molar-refractivity contribution in [1.29, 1.82) is 0 Å². The van der Waals surface area contributed by atoms with Gasteiger partial charge in [-0.2, -0.15) is 0 Å². The molecule has 1 saturated heterocycles. The minimum absolute atomic E-state index is 0.0691. The number of nitrogens with one attached hydrogen (secondary N) is 1. The molecule has 0 saturated carbocycles. The van der Waals surface area contributed by atoms with Crippen molar-refractivity contribution in [3.05, 3.63) is 22.4 Å². The molecular formula is C14H20N2O2S. The van der Waals surface area contributed by atoms with Gasteiger partial charge in [-0.3, -0.25) is 9.59 Å². The molecular weight excluding hydrogens is 260 g/mol. The van der Waals surface area contributed by atoms with E-state index in [0.29, 0.717) is 19.4 Å². The van der Waals surface area contributed by atoms with Gasteiger partial charge in [0, 0.05) is 24.9 Å². The van der Waals surface area contributed by atoms with Gasteiger partial charge in [0.2, 0.25) is 11.8 Å². The van der Waals surface area contributed by atoms with Gasteiger partial charge in [0.15, 0.2) is 0 Å². The Morgan fingerprint density at radius 2 is 2.37 bits per heavy atom. The number of carbonyl (C=O) groups excluding carboxylic acids is 2. The van der Waals surface area contributed by atoms with Gasteiger partial charge in [-0.05, 0) is 24.3 Å². The third-order valence-corrected chi connectivity index (χ3v) is 4.52. The van der Waals surface area contributed by atoms with E-state index >= 15 is 0 Å². The summed E-state index contributed by atoms with van der Waals surface area (Å²) in [5.41, 5.74) is 0. The summed E-state index contributed by atoms with van der Waals surface area (Å²) in [7, 11) is 1.80. The lowest BCUT2D eigenvalue weighted by atomic mass is 9.87. The SMILES string of the molecule is CCCNC(=O)[C@H]1CCC(=O)N(C)[C@H]1c1cccs1. The van der Waals surface area contributed by atoms with Crippen molar-refractivity contribution in [2.24, 2.45) is 5.92 Å². The standard InChI is InChI=1S/C14H20N2O2S/c1-3-8-15-14(18)10-6-7-12(17)16(2)13(10)11-5-4-9-19-11/h4-5,9-10,13H,3,6-8H2,1-2H3,(H,15,18)/t10-,13+/m0/s1. The number of hydrogen-bond donors (Lipinski definition) is 1. The largest absolute Gasteiger partial charge is 0.356 e. The number of carbonyl (C=O) groups is 2. The van der Waals surface area contributed by atoms with Crippen LogP contribution in [0.2, 0.25) is 0 Å². The number of thiophene rings is 1. The summed E-state index contributed by atoms with van der Waals surface area (Å²) in [6.45, 7) is 2.73. The first kappa shape index (κ1) is 14.1. The van der Waals surface area contributed by atoms with Crippen molar-refractivity contribution >= 4 is 23.2 Å². The molecule has 0 radical (unpaired) electrons. The highest BCUT2D eigenvalue weighted by Crippen LogP contribution is 2.37. The maximum Gasteiger partial charge on any atom is 0.225 e. The summed E-state index contributed by atoms with van der Waals surface area (Å²) >= 11 is 1.61. The summed E-state index contributed by atoms with van der Waals surface area (Å²) in [6, 6.07) is 3.86. The second-order valence-electron chi connectivity index (χ2n) is 4.90. The van der Waals surface area contributed by atoms with E-state index in [1.165, 1.54) is 0 Å². The lowest BCUT2D eigenvalue weighted by Gasteiger charge is -2.37. The molecule has 0 bridgehead atoms. The summed E-state index contributed by atoms with van der Waals surface area (Å²) in [4.78, 5) is 27.0. The van der Waals surface area contributed by atoms with E-state index in [2.05, 4.69) is 5.32 Å². The molecule has 1 fully saturated rings. The number of piperidine rings is 1. The second kappa shape index (κ2) is 6.19. The first-order valence-electron chi connectivity index (χ1n) is 6.72. The Balaban J connectivity index is 2.20. The van der Waals surface area contributed by atoms with Crippen molar-refractivity contribution in [3.63, 3.8) is 0 Å². The third-order valence-electron chi connectivity index (χ3n) is 3.58. The molecule has 1 N–H and O–H groups in total. The van der Waals surface area contributed by atoms with Crippen LogP contribution in [0.4, 0.5) is 0 Å². The zero-order valence-corrected chi connectivity index (χ0v) is 12.2. The minimum atomic E-state index is -0.132. The van der Waals surface area contributed by atoms with E-state index in [0.717, 1.165) is 11.3 Å². The zero-order chi connectivity index (χ0) is 13.8. The van der Waals surface area contributed by atoms with Crippen LogP contribution in [-0.2, 0) is 9.59 Å². The Hall–Kier alpha value is -1.36. The molecule has 0 aromatic carbocycles. The van der Waals surface area contributed by atoms with Crippen molar-refractivity contribution in [2.75, 3.05) is 13.6 Å². The monoisotopic (exact) mass is 280 g/mol. The van der Waals surface area contributed by atoms with E-state index in [9.17, 15) is 9.59 Å². The third kappa shape index (κ3) is 2.97. The fourth-order valence-corrected chi connectivity index (χ4v) is 3.47. The topological polar surface area (TPSA) is 49.4 Å². The predicted octanol–water partition coefficient (Wildman–Crippen LogP) is 2.18. The van der Waals surface area contributed by atoms with Crippen LogP contribution >= 0.6 is 11.3 Å². The highest BCUT2D eigenvalue weighted by Gasteiger charge is 2.39. The number of rotatable bonds is 4. The van der Waals surface area contributed by atoms with Crippen molar-refractivity contribution < 1.29 is 9.59 Å². The van der Waals surface area contributed by atoms with Crippen LogP contribution in [0, 0.1) is 5.92 Å². The molecule has 1 aliphatic rings. The molecule has 1 aliphatic heterocycles. The smallest absolute Gasteiger partial charge is 0.225 e. The quantitative estimate of drug-likeness (QED) is 0.919. The molecule has 1 aromatic heterocycles. The van der Waals surface area contributed by atoms with Crippen LogP contribution in [0.3, 0.4) is 0 Å². The lowest BCUT2D eigenvalue weighted by molar-refractivity contribution is -0.141.